The van der Waals surface area contributed by atoms with Gasteiger partial charge in [0.15, 0.2) is 0 Å². The summed E-state index contributed by atoms with van der Waals surface area (Å²) in [5.74, 6) is 0. The van der Waals surface area contributed by atoms with Crippen LogP contribution >= 0.6 is 0 Å². The molecular formula is C15H23NO. The minimum Gasteiger partial charge on any atom is -0.391 e. The van der Waals surface area contributed by atoms with Crippen molar-refractivity contribution < 1.29 is 5.11 Å². The highest BCUT2D eigenvalue weighted by Gasteiger charge is 2.41. The van der Waals surface area contributed by atoms with Crippen molar-refractivity contribution in [1.82, 2.24) is 5.32 Å². The predicted octanol–water partition coefficient (Wildman–Crippen LogP) is 2.81. The Hall–Kier alpha value is -0.860. The lowest BCUT2D eigenvalue weighted by molar-refractivity contribution is 0.0154. The highest BCUT2D eigenvalue weighted by atomic mass is 16.3. The van der Waals surface area contributed by atoms with Crippen LogP contribution in [0.3, 0.4) is 0 Å². The summed E-state index contributed by atoms with van der Waals surface area (Å²) >= 11 is 0. The summed E-state index contributed by atoms with van der Waals surface area (Å²) in [6.07, 6.45) is 3.97. The third-order valence-electron chi connectivity index (χ3n) is 3.70. The van der Waals surface area contributed by atoms with E-state index < -0.39 is 0 Å². The van der Waals surface area contributed by atoms with E-state index in [4.69, 9.17) is 0 Å². The highest BCUT2D eigenvalue weighted by molar-refractivity contribution is 5.27. The van der Waals surface area contributed by atoms with Gasteiger partial charge in [-0.3, -0.25) is 0 Å². The fourth-order valence-electron chi connectivity index (χ4n) is 2.99. The molecule has 2 unspecified atom stereocenters. The van der Waals surface area contributed by atoms with E-state index in [-0.39, 0.29) is 11.6 Å². The Labute approximate surface area is 104 Å². The maximum absolute atomic E-state index is 10.5. The number of rotatable bonds is 3. The van der Waals surface area contributed by atoms with Crippen molar-refractivity contribution in [2.75, 3.05) is 0 Å². The van der Waals surface area contributed by atoms with Gasteiger partial charge >= 0.3 is 0 Å². The van der Waals surface area contributed by atoms with Crippen molar-refractivity contribution in [3.63, 3.8) is 0 Å². The van der Waals surface area contributed by atoms with E-state index in [9.17, 15) is 5.11 Å². The molecule has 0 saturated heterocycles. The van der Waals surface area contributed by atoms with Crippen molar-refractivity contribution in [3.05, 3.63) is 35.9 Å². The van der Waals surface area contributed by atoms with E-state index >= 15 is 0 Å². The van der Waals surface area contributed by atoms with Crippen LogP contribution in [0.2, 0.25) is 0 Å². The Balaban J connectivity index is 2.35. The van der Waals surface area contributed by atoms with Crippen LogP contribution in [0.1, 0.15) is 45.1 Å². The molecule has 2 N–H and O–H groups in total. The number of nitrogens with one attached hydrogen (secondary N) is 1. The van der Waals surface area contributed by atoms with Crippen LogP contribution in [0.15, 0.2) is 30.3 Å². The van der Waals surface area contributed by atoms with Crippen LogP contribution < -0.4 is 5.32 Å². The first-order valence-corrected chi connectivity index (χ1v) is 6.66. The zero-order valence-electron chi connectivity index (χ0n) is 10.8. The highest BCUT2D eigenvalue weighted by Crippen LogP contribution is 2.37. The summed E-state index contributed by atoms with van der Waals surface area (Å²) < 4.78 is 0. The fourth-order valence-corrected chi connectivity index (χ4v) is 2.99. The fraction of sp³-hybridized carbons (Fsp3) is 0.600. The Bertz CT molecular complexity index is 349. The molecule has 2 heteroatoms. The van der Waals surface area contributed by atoms with Crippen LogP contribution in [0.25, 0.3) is 0 Å². The number of aliphatic hydroxyl groups excluding tert-OH is 1. The van der Waals surface area contributed by atoms with Crippen molar-refractivity contribution in [2.45, 2.75) is 57.2 Å². The molecule has 0 heterocycles. The summed E-state index contributed by atoms with van der Waals surface area (Å²) in [5, 5.41) is 14.1. The van der Waals surface area contributed by atoms with Gasteiger partial charge in [0.2, 0.25) is 0 Å². The third-order valence-corrected chi connectivity index (χ3v) is 3.70. The van der Waals surface area contributed by atoms with Gasteiger partial charge in [-0.1, -0.05) is 43.2 Å². The molecule has 0 amide bonds. The molecule has 0 spiro atoms. The van der Waals surface area contributed by atoms with Gasteiger partial charge < -0.3 is 10.4 Å². The largest absolute Gasteiger partial charge is 0.391 e. The molecule has 1 fully saturated rings. The lowest BCUT2D eigenvalue weighted by Gasteiger charge is -2.44. The smallest absolute Gasteiger partial charge is 0.0763 e. The van der Waals surface area contributed by atoms with Crippen molar-refractivity contribution in [3.8, 4) is 0 Å². The van der Waals surface area contributed by atoms with Crippen LogP contribution in [-0.2, 0) is 5.54 Å². The summed E-state index contributed by atoms with van der Waals surface area (Å²) in [6, 6.07) is 10.8. The maximum Gasteiger partial charge on any atom is 0.0763 e. The standard InChI is InChI=1S/C15H23NO/c1-12(2)16-15(11-7-6-10-14(15)17)13-8-4-3-5-9-13/h3-5,8-9,12,14,16-17H,6-7,10-11H2,1-2H3. The van der Waals surface area contributed by atoms with Crippen molar-refractivity contribution >= 4 is 0 Å². The van der Waals surface area contributed by atoms with Gasteiger partial charge in [0, 0.05) is 6.04 Å². The van der Waals surface area contributed by atoms with E-state index in [1.807, 2.05) is 6.07 Å². The second-order valence-corrected chi connectivity index (χ2v) is 5.40. The monoisotopic (exact) mass is 233 g/mol. The first-order valence-electron chi connectivity index (χ1n) is 6.66. The average Bonchev–Trinajstić information content (AvgIpc) is 2.33. The Morgan fingerprint density at radius 2 is 1.94 bits per heavy atom. The Kier molecular flexibility index (Phi) is 3.85. The molecule has 0 bridgehead atoms. The molecule has 17 heavy (non-hydrogen) atoms. The van der Waals surface area contributed by atoms with Gasteiger partial charge in [-0.05, 0) is 32.3 Å². The molecule has 2 atom stereocenters. The lowest BCUT2D eigenvalue weighted by Crippen LogP contribution is -2.55. The minimum absolute atomic E-state index is 0.242. The molecule has 0 radical (unpaired) electrons. The van der Waals surface area contributed by atoms with Crippen molar-refractivity contribution in [2.24, 2.45) is 0 Å². The second kappa shape index (κ2) is 5.19. The van der Waals surface area contributed by atoms with Gasteiger partial charge in [0.05, 0.1) is 11.6 Å². The van der Waals surface area contributed by atoms with Crippen molar-refractivity contribution in [1.29, 1.82) is 0 Å². The zero-order valence-corrected chi connectivity index (χ0v) is 10.8. The number of benzene rings is 1. The molecule has 1 saturated carbocycles. The summed E-state index contributed by atoms with van der Waals surface area (Å²) in [5.41, 5.74) is 0.981. The molecule has 1 aliphatic rings. The minimum atomic E-state index is -0.277. The van der Waals surface area contributed by atoms with E-state index in [2.05, 4.69) is 43.4 Å². The molecule has 0 aromatic heterocycles. The van der Waals surface area contributed by atoms with Crippen LogP contribution in [-0.4, -0.2) is 17.3 Å². The topological polar surface area (TPSA) is 32.3 Å². The quantitative estimate of drug-likeness (QED) is 0.841. The Morgan fingerprint density at radius 1 is 1.24 bits per heavy atom. The zero-order chi connectivity index (χ0) is 12.3. The molecule has 1 aromatic carbocycles. The molecule has 1 aliphatic carbocycles. The third kappa shape index (κ3) is 2.53. The van der Waals surface area contributed by atoms with Gasteiger partial charge in [0.25, 0.3) is 0 Å². The van der Waals surface area contributed by atoms with E-state index in [1.165, 1.54) is 12.0 Å². The summed E-state index contributed by atoms with van der Waals surface area (Å²) in [7, 11) is 0. The number of hydrogen-bond acceptors (Lipinski definition) is 2. The summed E-state index contributed by atoms with van der Waals surface area (Å²) in [6.45, 7) is 4.29. The molecule has 94 valence electrons. The van der Waals surface area contributed by atoms with Gasteiger partial charge in [-0.15, -0.1) is 0 Å². The summed E-state index contributed by atoms with van der Waals surface area (Å²) in [4.78, 5) is 0. The Morgan fingerprint density at radius 3 is 2.53 bits per heavy atom. The van der Waals surface area contributed by atoms with E-state index in [1.54, 1.807) is 0 Å². The van der Waals surface area contributed by atoms with Crippen LogP contribution in [0.4, 0.5) is 0 Å². The average molecular weight is 233 g/mol. The molecule has 2 nitrogen and oxygen atoms in total. The molecule has 0 aliphatic heterocycles. The van der Waals surface area contributed by atoms with Gasteiger partial charge in [0.1, 0.15) is 0 Å². The van der Waals surface area contributed by atoms with E-state index in [0.717, 1.165) is 19.3 Å². The molecule has 2 rings (SSSR count). The number of hydrogen-bond donors (Lipinski definition) is 2. The second-order valence-electron chi connectivity index (χ2n) is 5.40. The van der Waals surface area contributed by atoms with Crippen LogP contribution in [0, 0.1) is 0 Å². The lowest BCUT2D eigenvalue weighted by atomic mass is 9.74. The van der Waals surface area contributed by atoms with Gasteiger partial charge in [-0.2, -0.15) is 0 Å². The normalized spacial score (nSPS) is 29.5. The number of aliphatic hydroxyl groups is 1. The predicted molar refractivity (Wildman–Crippen MR) is 70.9 cm³/mol. The molecular weight excluding hydrogens is 210 g/mol. The maximum atomic E-state index is 10.5. The van der Waals surface area contributed by atoms with Gasteiger partial charge in [-0.25, -0.2) is 0 Å². The first-order chi connectivity index (χ1) is 8.15. The first kappa shape index (κ1) is 12.6. The van der Waals surface area contributed by atoms with E-state index in [0.29, 0.717) is 6.04 Å². The van der Waals surface area contributed by atoms with Crippen LogP contribution in [0.5, 0.6) is 0 Å². The molecule has 1 aromatic rings. The SMILES string of the molecule is CC(C)NC1(c2ccccc2)CCCCC1O.